The van der Waals surface area contributed by atoms with Gasteiger partial charge in [-0.2, -0.15) is 0 Å². The van der Waals surface area contributed by atoms with Crippen LogP contribution in [-0.2, 0) is 23.5 Å². The van der Waals surface area contributed by atoms with E-state index in [1.165, 1.54) is 10.4 Å². The predicted molar refractivity (Wildman–Crippen MR) is 140 cm³/mol. The molecule has 192 valence electrons. The normalized spacial score (nSPS) is 11.9. The minimum Gasteiger partial charge on any atom is -0.481 e. The molecule has 2 aromatic rings. The number of carboxylic acid groups (broad SMARTS) is 1. The average molecular weight is 502 g/mol. The van der Waals surface area contributed by atoms with Crippen LogP contribution < -0.4 is 15.7 Å². The fraction of sp³-hybridized carbons (Fsp3) is 0.481. The van der Waals surface area contributed by atoms with Gasteiger partial charge in [0.25, 0.3) is 8.32 Å². The van der Waals surface area contributed by atoms with Crippen LogP contribution in [0, 0.1) is 0 Å². The number of amides is 1. The largest absolute Gasteiger partial charge is 0.481 e. The molecule has 1 amide bonds. The third-order valence-electron chi connectivity index (χ3n) is 5.69. The molecule has 0 aliphatic heterocycles. The number of benzene rings is 2. The van der Waals surface area contributed by atoms with Gasteiger partial charge in [0, 0.05) is 19.6 Å². The molecule has 0 aliphatic rings. The molecule has 2 N–H and O–H groups in total. The van der Waals surface area contributed by atoms with Crippen molar-refractivity contribution >= 4 is 30.6 Å². The maximum atomic E-state index is 11.5. The summed E-state index contributed by atoms with van der Waals surface area (Å²) in [5.74, 6) is -1.22. The summed E-state index contributed by atoms with van der Waals surface area (Å²) >= 11 is 0. The average Bonchev–Trinajstić information content (AvgIpc) is 2.84. The maximum absolute atomic E-state index is 11.5. The second kappa shape index (κ2) is 14.8. The summed E-state index contributed by atoms with van der Waals surface area (Å²) in [4.78, 5) is 21.9. The first kappa shape index (κ1) is 28.7. The van der Waals surface area contributed by atoms with Crippen molar-refractivity contribution in [1.29, 1.82) is 0 Å². The van der Waals surface area contributed by atoms with Crippen molar-refractivity contribution in [3.63, 3.8) is 0 Å². The molecule has 0 fully saturated rings. The summed E-state index contributed by atoms with van der Waals surface area (Å²) in [6, 6.07) is 21.1. The van der Waals surface area contributed by atoms with E-state index in [9.17, 15) is 9.59 Å². The molecule has 0 bridgehead atoms. The van der Waals surface area contributed by atoms with Crippen molar-refractivity contribution < 1.29 is 28.6 Å². The molecule has 35 heavy (non-hydrogen) atoms. The lowest BCUT2D eigenvalue weighted by molar-refractivity contribution is -0.138. The smallest absolute Gasteiger partial charge is 0.303 e. The van der Waals surface area contributed by atoms with Gasteiger partial charge < -0.3 is 24.3 Å². The van der Waals surface area contributed by atoms with Crippen LogP contribution in [0.2, 0.25) is 5.04 Å². The number of nitrogens with one attached hydrogen (secondary N) is 1. The van der Waals surface area contributed by atoms with E-state index in [1.807, 2.05) is 12.1 Å². The Kier molecular flexibility index (Phi) is 12.1. The monoisotopic (exact) mass is 501 g/mol. The van der Waals surface area contributed by atoms with E-state index < -0.39 is 14.3 Å². The second-order valence-electron chi connectivity index (χ2n) is 9.33. The van der Waals surface area contributed by atoms with Crippen LogP contribution in [0.25, 0.3) is 0 Å². The molecule has 0 unspecified atom stereocenters. The van der Waals surface area contributed by atoms with Crippen LogP contribution >= 0.6 is 0 Å². The van der Waals surface area contributed by atoms with Gasteiger partial charge in [-0.25, -0.2) is 0 Å². The molecule has 2 rings (SSSR count). The van der Waals surface area contributed by atoms with E-state index >= 15 is 0 Å². The SMILES string of the molecule is CC(C)(C)[Si](OCCOCCOCCCNC(=O)CCC(=O)O)(c1ccccc1)c1ccccc1. The summed E-state index contributed by atoms with van der Waals surface area (Å²) in [5.41, 5.74) is 0. The lowest BCUT2D eigenvalue weighted by atomic mass is 10.2. The van der Waals surface area contributed by atoms with E-state index in [0.29, 0.717) is 46.0 Å². The van der Waals surface area contributed by atoms with Crippen LogP contribution in [0.3, 0.4) is 0 Å². The zero-order valence-electron chi connectivity index (χ0n) is 21.1. The van der Waals surface area contributed by atoms with Crippen LogP contribution in [0.4, 0.5) is 0 Å². The molecule has 0 aromatic heterocycles. The van der Waals surface area contributed by atoms with Gasteiger partial charge in [0.2, 0.25) is 5.91 Å². The quantitative estimate of drug-likeness (QED) is 0.271. The molecule has 0 heterocycles. The zero-order chi connectivity index (χ0) is 25.6. The molecule has 0 spiro atoms. The van der Waals surface area contributed by atoms with E-state index in [-0.39, 0.29) is 23.8 Å². The molecule has 8 heteroatoms. The summed E-state index contributed by atoms with van der Waals surface area (Å²) in [7, 11) is -2.54. The number of ether oxygens (including phenoxy) is 2. The van der Waals surface area contributed by atoms with E-state index in [0.717, 1.165) is 0 Å². The van der Waals surface area contributed by atoms with Crippen molar-refractivity contribution in [2.75, 3.05) is 39.6 Å². The molecule has 7 nitrogen and oxygen atoms in total. The number of carboxylic acids is 1. The van der Waals surface area contributed by atoms with E-state index in [1.54, 1.807) is 0 Å². The standard InChI is InChI=1S/C27H39NO6Si/c1-27(2,3)35(23-11-6-4-7-12-23,24-13-8-5-9-14-24)34-22-21-33-20-19-32-18-10-17-28-25(29)15-16-26(30)31/h4-9,11-14H,10,15-22H2,1-3H3,(H,28,29)(H,30,31). The van der Waals surface area contributed by atoms with Gasteiger partial charge >= 0.3 is 5.97 Å². The van der Waals surface area contributed by atoms with E-state index in [4.69, 9.17) is 19.0 Å². The van der Waals surface area contributed by atoms with Crippen molar-refractivity contribution in [3.05, 3.63) is 60.7 Å². The van der Waals surface area contributed by atoms with Crippen LogP contribution in [0.1, 0.15) is 40.0 Å². The zero-order valence-corrected chi connectivity index (χ0v) is 22.1. The molecule has 0 saturated carbocycles. The minimum atomic E-state index is -2.54. The summed E-state index contributed by atoms with van der Waals surface area (Å²) < 4.78 is 18.1. The van der Waals surface area contributed by atoms with Crippen molar-refractivity contribution in [3.8, 4) is 0 Å². The number of hydrogen-bond acceptors (Lipinski definition) is 5. The highest BCUT2D eigenvalue weighted by Gasteiger charge is 2.49. The topological polar surface area (TPSA) is 94.1 Å². The van der Waals surface area contributed by atoms with Gasteiger partial charge in [0.1, 0.15) is 0 Å². The van der Waals surface area contributed by atoms with Crippen molar-refractivity contribution in [1.82, 2.24) is 5.32 Å². The van der Waals surface area contributed by atoms with Crippen LogP contribution in [-0.4, -0.2) is 64.9 Å². The third-order valence-corrected chi connectivity index (χ3v) is 10.7. The molecule has 2 aromatic carbocycles. The molecule has 0 atom stereocenters. The third kappa shape index (κ3) is 9.22. The lowest BCUT2D eigenvalue weighted by Crippen LogP contribution is -2.66. The Morgan fingerprint density at radius 3 is 1.83 bits per heavy atom. The highest BCUT2D eigenvalue weighted by molar-refractivity contribution is 6.99. The van der Waals surface area contributed by atoms with Gasteiger partial charge in [0.15, 0.2) is 0 Å². The Bertz CT molecular complexity index is 846. The lowest BCUT2D eigenvalue weighted by Gasteiger charge is -2.43. The predicted octanol–water partition coefficient (Wildman–Crippen LogP) is 2.97. The Balaban J connectivity index is 1.75. The van der Waals surface area contributed by atoms with Gasteiger partial charge in [0.05, 0.1) is 32.8 Å². The Morgan fingerprint density at radius 1 is 0.800 bits per heavy atom. The Labute approximate surface area is 209 Å². The minimum absolute atomic E-state index is 0.00000284. The fourth-order valence-electron chi connectivity index (χ4n) is 4.05. The first-order valence-corrected chi connectivity index (χ1v) is 14.1. The second-order valence-corrected chi connectivity index (χ2v) is 13.6. The highest BCUT2D eigenvalue weighted by Crippen LogP contribution is 2.36. The Morgan fingerprint density at radius 2 is 1.31 bits per heavy atom. The highest BCUT2D eigenvalue weighted by atomic mass is 28.4. The van der Waals surface area contributed by atoms with Crippen molar-refractivity contribution in [2.24, 2.45) is 0 Å². The van der Waals surface area contributed by atoms with Crippen LogP contribution in [0.15, 0.2) is 60.7 Å². The first-order chi connectivity index (χ1) is 16.8. The summed E-state index contributed by atoms with van der Waals surface area (Å²) in [5, 5.41) is 13.7. The molecular formula is C27H39NO6Si. The number of aliphatic carboxylic acids is 1. The Hall–Kier alpha value is -2.52. The number of carbonyl (C=O) groups is 2. The number of carbonyl (C=O) groups excluding carboxylic acids is 1. The van der Waals surface area contributed by atoms with Crippen LogP contribution in [0.5, 0.6) is 0 Å². The summed E-state index contributed by atoms with van der Waals surface area (Å²) in [6.07, 6.45) is 0.509. The maximum Gasteiger partial charge on any atom is 0.303 e. The molecule has 0 radical (unpaired) electrons. The van der Waals surface area contributed by atoms with Crippen molar-refractivity contribution in [2.45, 2.75) is 45.1 Å². The van der Waals surface area contributed by atoms with E-state index in [2.05, 4.69) is 74.6 Å². The summed E-state index contributed by atoms with van der Waals surface area (Å²) in [6.45, 7) is 9.63. The fourth-order valence-corrected chi connectivity index (χ4v) is 8.59. The molecule has 0 saturated heterocycles. The van der Waals surface area contributed by atoms with Gasteiger partial charge in [-0.3, -0.25) is 9.59 Å². The first-order valence-electron chi connectivity index (χ1n) is 12.2. The van der Waals surface area contributed by atoms with Gasteiger partial charge in [-0.05, 0) is 21.8 Å². The number of hydrogen-bond donors (Lipinski definition) is 2. The van der Waals surface area contributed by atoms with Gasteiger partial charge in [-0.15, -0.1) is 0 Å². The van der Waals surface area contributed by atoms with Gasteiger partial charge in [-0.1, -0.05) is 81.4 Å². The molecular weight excluding hydrogens is 462 g/mol. The molecule has 0 aliphatic carbocycles. The number of rotatable bonds is 16.